The fourth-order valence-electron chi connectivity index (χ4n) is 3.70. The van der Waals surface area contributed by atoms with Gasteiger partial charge in [-0.15, -0.1) is 0 Å². The zero-order chi connectivity index (χ0) is 19.8. The summed E-state index contributed by atoms with van der Waals surface area (Å²) >= 11 is 5.55. The largest absolute Gasteiger partial charge is 0.497 e. The Hall–Kier alpha value is -2.11. The number of anilines is 1. The number of thiocarbonyl (C=S) groups is 1. The highest BCUT2D eigenvalue weighted by atomic mass is 32.1. The third-order valence-corrected chi connectivity index (χ3v) is 5.65. The predicted octanol–water partition coefficient (Wildman–Crippen LogP) is 4.77. The molecule has 0 radical (unpaired) electrons. The summed E-state index contributed by atoms with van der Waals surface area (Å²) in [5, 5.41) is 7.40. The van der Waals surface area contributed by atoms with Gasteiger partial charge in [-0.2, -0.15) is 0 Å². The van der Waals surface area contributed by atoms with Gasteiger partial charge in [0.15, 0.2) is 5.11 Å². The van der Waals surface area contributed by atoms with Crippen molar-refractivity contribution >= 4 is 23.0 Å². The molecule has 28 heavy (non-hydrogen) atoms. The molecular formula is C23H31N3OS. The van der Waals surface area contributed by atoms with Crippen LogP contribution in [0, 0.1) is 0 Å². The molecule has 150 valence electrons. The first-order chi connectivity index (χ1) is 13.7. The Morgan fingerprint density at radius 3 is 2.32 bits per heavy atom. The van der Waals surface area contributed by atoms with Crippen LogP contribution < -0.4 is 15.4 Å². The summed E-state index contributed by atoms with van der Waals surface area (Å²) in [4.78, 5) is 2.57. The maximum atomic E-state index is 5.55. The van der Waals surface area contributed by atoms with E-state index in [2.05, 4.69) is 58.9 Å². The maximum Gasteiger partial charge on any atom is 0.170 e. The lowest BCUT2D eigenvalue weighted by atomic mass is 10.0. The molecule has 0 bridgehead atoms. The molecule has 1 fully saturated rings. The van der Waals surface area contributed by atoms with Gasteiger partial charge in [-0.1, -0.05) is 37.6 Å². The Bertz CT molecular complexity index is 739. The second-order valence-corrected chi connectivity index (χ2v) is 7.68. The average Bonchev–Trinajstić information content (AvgIpc) is 2.75. The monoisotopic (exact) mass is 397 g/mol. The van der Waals surface area contributed by atoms with Gasteiger partial charge in [0.1, 0.15) is 5.75 Å². The smallest absolute Gasteiger partial charge is 0.170 e. The molecule has 2 N–H and O–H groups in total. The molecule has 0 amide bonds. The van der Waals surface area contributed by atoms with Gasteiger partial charge in [-0.3, -0.25) is 4.90 Å². The maximum absolute atomic E-state index is 5.55. The van der Waals surface area contributed by atoms with Crippen molar-refractivity contribution < 1.29 is 4.74 Å². The number of nitrogens with one attached hydrogen (secondary N) is 2. The molecule has 0 saturated carbocycles. The zero-order valence-corrected chi connectivity index (χ0v) is 17.7. The minimum atomic E-state index is 0.299. The molecule has 1 heterocycles. The van der Waals surface area contributed by atoms with Crippen molar-refractivity contribution in [1.29, 1.82) is 0 Å². The third-order valence-electron chi connectivity index (χ3n) is 5.41. The second-order valence-electron chi connectivity index (χ2n) is 7.27. The number of hydrogen-bond acceptors (Lipinski definition) is 3. The van der Waals surface area contributed by atoms with Crippen molar-refractivity contribution in [3.8, 4) is 5.75 Å². The molecule has 1 aliphatic rings. The van der Waals surface area contributed by atoms with Crippen LogP contribution in [0.15, 0.2) is 48.5 Å². The number of benzene rings is 2. The van der Waals surface area contributed by atoms with E-state index in [-0.39, 0.29) is 0 Å². The molecule has 0 spiro atoms. The molecule has 0 aliphatic carbocycles. The van der Waals surface area contributed by atoms with E-state index in [4.69, 9.17) is 17.0 Å². The highest BCUT2D eigenvalue weighted by Crippen LogP contribution is 2.26. The van der Waals surface area contributed by atoms with Crippen LogP contribution >= 0.6 is 12.2 Å². The van der Waals surface area contributed by atoms with E-state index in [0.29, 0.717) is 11.2 Å². The van der Waals surface area contributed by atoms with E-state index >= 15 is 0 Å². The number of piperidine rings is 1. The lowest BCUT2D eigenvalue weighted by molar-refractivity contribution is 0.164. The highest BCUT2D eigenvalue weighted by Gasteiger charge is 2.22. The van der Waals surface area contributed by atoms with E-state index in [0.717, 1.165) is 37.5 Å². The Kier molecular flexibility index (Phi) is 7.69. The normalized spacial score (nSPS) is 15.6. The Morgan fingerprint density at radius 1 is 1.04 bits per heavy atom. The molecule has 1 aliphatic heterocycles. The molecule has 5 heteroatoms. The summed E-state index contributed by atoms with van der Waals surface area (Å²) in [6.07, 6.45) is 4.90. The van der Waals surface area contributed by atoms with Crippen LogP contribution in [0.2, 0.25) is 0 Å². The van der Waals surface area contributed by atoms with Crippen molar-refractivity contribution in [1.82, 2.24) is 10.2 Å². The van der Waals surface area contributed by atoms with Crippen molar-refractivity contribution in [3.63, 3.8) is 0 Å². The van der Waals surface area contributed by atoms with E-state index in [9.17, 15) is 0 Å². The molecular weight excluding hydrogens is 366 g/mol. The summed E-state index contributed by atoms with van der Waals surface area (Å²) < 4.78 is 5.32. The molecule has 2 aromatic carbocycles. The highest BCUT2D eigenvalue weighted by molar-refractivity contribution is 7.80. The van der Waals surface area contributed by atoms with Crippen molar-refractivity contribution in [2.24, 2.45) is 0 Å². The van der Waals surface area contributed by atoms with Crippen LogP contribution in [-0.2, 0) is 6.42 Å². The van der Waals surface area contributed by atoms with Crippen LogP contribution in [0.1, 0.15) is 43.4 Å². The van der Waals surface area contributed by atoms with Gasteiger partial charge in [0, 0.05) is 12.2 Å². The van der Waals surface area contributed by atoms with E-state index < -0.39 is 0 Å². The predicted molar refractivity (Wildman–Crippen MR) is 121 cm³/mol. The quantitative estimate of drug-likeness (QED) is 0.658. The Morgan fingerprint density at radius 2 is 1.71 bits per heavy atom. The number of likely N-dealkylation sites (tertiary alicyclic amines) is 1. The van der Waals surface area contributed by atoms with Crippen LogP contribution in [0.3, 0.4) is 0 Å². The van der Waals surface area contributed by atoms with E-state index in [1.165, 1.54) is 30.4 Å². The summed E-state index contributed by atoms with van der Waals surface area (Å²) in [7, 11) is 1.70. The number of rotatable bonds is 7. The Balaban J connectivity index is 1.63. The lowest BCUT2D eigenvalue weighted by Crippen LogP contribution is -2.41. The van der Waals surface area contributed by atoms with Gasteiger partial charge in [0.05, 0.1) is 13.2 Å². The molecule has 3 rings (SSSR count). The minimum absolute atomic E-state index is 0.299. The van der Waals surface area contributed by atoms with Gasteiger partial charge in [-0.05, 0) is 80.0 Å². The van der Waals surface area contributed by atoms with E-state index in [1.807, 2.05) is 12.1 Å². The molecule has 0 unspecified atom stereocenters. The first-order valence-electron chi connectivity index (χ1n) is 10.2. The fourth-order valence-corrected chi connectivity index (χ4v) is 3.90. The first kappa shape index (κ1) is 20.6. The van der Waals surface area contributed by atoms with Gasteiger partial charge < -0.3 is 15.4 Å². The summed E-state index contributed by atoms with van der Waals surface area (Å²) in [5.41, 5.74) is 3.65. The van der Waals surface area contributed by atoms with Gasteiger partial charge in [0.25, 0.3) is 0 Å². The van der Waals surface area contributed by atoms with Crippen LogP contribution in [0.5, 0.6) is 5.75 Å². The summed E-state index contributed by atoms with van der Waals surface area (Å²) in [6, 6.07) is 17.2. The lowest BCUT2D eigenvalue weighted by Gasteiger charge is -2.35. The fraction of sp³-hybridized carbons (Fsp3) is 0.435. The third kappa shape index (κ3) is 5.69. The van der Waals surface area contributed by atoms with Gasteiger partial charge in [0.2, 0.25) is 0 Å². The van der Waals surface area contributed by atoms with Crippen LogP contribution in [-0.4, -0.2) is 36.8 Å². The zero-order valence-electron chi connectivity index (χ0n) is 16.9. The van der Waals surface area contributed by atoms with Crippen LogP contribution in [0.4, 0.5) is 5.69 Å². The summed E-state index contributed by atoms with van der Waals surface area (Å²) in [5.74, 6) is 0.891. The molecule has 1 saturated heterocycles. The standard InChI is InChI=1S/C23H31N3OS/c1-3-18-7-11-20(12-8-18)25-23(28)24-17-22(26-15-5-4-6-16-26)19-9-13-21(27-2)14-10-19/h7-14,22H,3-6,15-17H2,1-2H3,(H2,24,25,28)/t22-/m0/s1. The topological polar surface area (TPSA) is 36.5 Å². The summed E-state index contributed by atoms with van der Waals surface area (Å²) in [6.45, 7) is 5.22. The number of methoxy groups -OCH3 is 1. The molecule has 1 atom stereocenters. The average molecular weight is 398 g/mol. The van der Waals surface area contributed by atoms with E-state index in [1.54, 1.807) is 7.11 Å². The second kappa shape index (κ2) is 10.4. The number of hydrogen-bond donors (Lipinski definition) is 2. The number of ether oxygens (including phenoxy) is 1. The van der Waals surface area contributed by atoms with Crippen molar-refractivity contribution in [3.05, 3.63) is 59.7 Å². The van der Waals surface area contributed by atoms with Crippen LogP contribution in [0.25, 0.3) is 0 Å². The van der Waals surface area contributed by atoms with Gasteiger partial charge in [-0.25, -0.2) is 0 Å². The Labute approximate surface area is 174 Å². The molecule has 2 aromatic rings. The number of nitrogens with zero attached hydrogens (tertiary/aromatic N) is 1. The minimum Gasteiger partial charge on any atom is -0.497 e. The first-order valence-corrected chi connectivity index (χ1v) is 10.6. The van der Waals surface area contributed by atoms with Crippen molar-refractivity contribution in [2.45, 2.75) is 38.6 Å². The SMILES string of the molecule is CCc1ccc(NC(=S)NC[C@@H](c2ccc(OC)cc2)N2CCCCC2)cc1. The van der Waals surface area contributed by atoms with Gasteiger partial charge >= 0.3 is 0 Å². The number of aryl methyl sites for hydroxylation is 1. The molecule has 0 aromatic heterocycles. The van der Waals surface area contributed by atoms with Crippen molar-refractivity contribution in [2.75, 3.05) is 32.1 Å². The molecule has 4 nitrogen and oxygen atoms in total.